The summed E-state index contributed by atoms with van der Waals surface area (Å²) in [5, 5.41) is 3.20. The highest BCUT2D eigenvalue weighted by Crippen LogP contribution is 2.26. The van der Waals surface area contributed by atoms with Gasteiger partial charge in [0.05, 0.1) is 30.0 Å². The summed E-state index contributed by atoms with van der Waals surface area (Å²) in [6, 6.07) is 9.94. The van der Waals surface area contributed by atoms with Gasteiger partial charge in [-0.2, -0.15) is 0 Å². The van der Waals surface area contributed by atoms with Gasteiger partial charge in [0.2, 0.25) is 10.0 Å². The number of carbonyl (C=O) groups is 1. The third-order valence-corrected chi connectivity index (χ3v) is 4.99. The van der Waals surface area contributed by atoms with Gasteiger partial charge < -0.3 is 10.1 Å². The molecule has 0 spiro atoms. The minimum Gasteiger partial charge on any atom is -0.496 e. The fourth-order valence-corrected chi connectivity index (χ4v) is 3.51. The molecule has 1 amide bonds. The van der Waals surface area contributed by atoms with Gasteiger partial charge in [-0.1, -0.05) is 30.7 Å². The van der Waals surface area contributed by atoms with Crippen molar-refractivity contribution in [1.29, 1.82) is 0 Å². The van der Waals surface area contributed by atoms with Crippen LogP contribution in [0.25, 0.3) is 0 Å². The van der Waals surface area contributed by atoms with Crippen LogP contribution in [0.4, 0.5) is 5.69 Å². The van der Waals surface area contributed by atoms with Crippen molar-refractivity contribution >= 4 is 33.2 Å². The van der Waals surface area contributed by atoms with Crippen molar-refractivity contribution in [1.82, 2.24) is 5.32 Å². The number of methoxy groups -OCH3 is 1. The van der Waals surface area contributed by atoms with E-state index in [4.69, 9.17) is 16.3 Å². The van der Waals surface area contributed by atoms with Crippen LogP contribution in [-0.2, 0) is 10.0 Å². The van der Waals surface area contributed by atoms with Crippen molar-refractivity contribution in [3.63, 3.8) is 0 Å². The number of amides is 1. The Hall–Kier alpha value is -2.25. The van der Waals surface area contributed by atoms with Crippen molar-refractivity contribution in [2.45, 2.75) is 26.3 Å². The highest BCUT2D eigenvalue weighted by atomic mass is 35.5. The molecule has 0 saturated carbocycles. The number of ether oxygens (including phenoxy) is 1. The number of aryl methyl sites for hydroxylation is 1. The van der Waals surface area contributed by atoms with Crippen molar-refractivity contribution in [3.05, 3.63) is 58.1 Å². The van der Waals surface area contributed by atoms with E-state index in [0.29, 0.717) is 6.42 Å². The quantitative estimate of drug-likeness (QED) is 0.724. The first-order chi connectivity index (χ1) is 12.6. The van der Waals surface area contributed by atoms with Crippen molar-refractivity contribution in [2.24, 2.45) is 0 Å². The maximum atomic E-state index is 12.7. The second-order valence-electron chi connectivity index (χ2n) is 6.23. The van der Waals surface area contributed by atoms with E-state index in [9.17, 15) is 13.2 Å². The molecule has 2 aromatic rings. The van der Waals surface area contributed by atoms with Crippen molar-refractivity contribution < 1.29 is 17.9 Å². The Balaban J connectivity index is 2.26. The van der Waals surface area contributed by atoms with E-state index >= 15 is 0 Å². The van der Waals surface area contributed by atoms with Gasteiger partial charge in [0.15, 0.2) is 0 Å². The summed E-state index contributed by atoms with van der Waals surface area (Å²) < 4.78 is 30.4. The molecule has 0 aliphatic rings. The Morgan fingerprint density at radius 2 is 1.93 bits per heavy atom. The first-order valence-electron chi connectivity index (χ1n) is 8.37. The van der Waals surface area contributed by atoms with E-state index in [1.165, 1.54) is 18.2 Å². The third-order valence-electron chi connectivity index (χ3n) is 4.05. The molecule has 0 unspecified atom stereocenters. The van der Waals surface area contributed by atoms with E-state index in [1.807, 2.05) is 32.0 Å². The molecule has 0 heterocycles. The van der Waals surface area contributed by atoms with Crippen LogP contribution in [0.3, 0.4) is 0 Å². The monoisotopic (exact) mass is 410 g/mol. The molecule has 0 aliphatic heterocycles. The van der Waals surface area contributed by atoms with Gasteiger partial charge in [0, 0.05) is 5.69 Å². The molecular weight excluding hydrogens is 388 g/mol. The van der Waals surface area contributed by atoms with Crippen molar-refractivity contribution in [3.8, 4) is 5.75 Å². The summed E-state index contributed by atoms with van der Waals surface area (Å²) in [6.45, 7) is 3.90. The third kappa shape index (κ3) is 5.61. The maximum absolute atomic E-state index is 12.7. The maximum Gasteiger partial charge on any atom is 0.253 e. The van der Waals surface area contributed by atoms with Crippen molar-refractivity contribution in [2.75, 3.05) is 18.1 Å². The Morgan fingerprint density at radius 1 is 1.22 bits per heavy atom. The minimum atomic E-state index is -3.45. The highest BCUT2D eigenvalue weighted by molar-refractivity contribution is 7.92. The highest BCUT2D eigenvalue weighted by Gasteiger charge is 2.18. The van der Waals surface area contributed by atoms with Crippen LogP contribution in [0.2, 0.25) is 5.02 Å². The molecule has 8 heteroatoms. The molecule has 146 valence electrons. The molecule has 6 nitrogen and oxygen atoms in total. The fourth-order valence-electron chi connectivity index (χ4n) is 2.75. The lowest BCUT2D eigenvalue weighted by Crippen LogP contribution is -2.28. The minimum absolute atomic E-state index is 0.203. The number of rotatable bonds is 7. The Labute approximate surface area is 164 Å². The standard InChI is InChI=1S/C19H23ClN2O4S/c1-5-17(13-6-9-18(26-3)12(2)10-13)21-19(23)15-11-14(7-8-16(15)20)22-27(4,24)25/h6-11,17,22H,5H2,1-4H3,(H,21,23)/t17-/m1/s1. The van der Waals surface area contributed by atoms with Crippen LogP contribution >= 0.6 is 11.6 Å². The average Bonchev–Trinajstić information content (AvgIpc) is 2.59. The molecule has 0 radical (unpaired) electrons. The largest absolute Gasteiger partial charge is 0.496 e. The number of hydrogen-bond acceptors (Lipinski definition) is 4. The number of carbonyl (C=O) groups excluding carboxylic acids is 1. The zero-order valence-electron chi connectivity index (χ0n) is 15.7. The van der Waals surface area contributed by atoms with E-state index in [-0.39, 0.29) is 28.2 Å². The number of nitrogens with one attached hydrogen (secondary N) is 2. The molecule has 0 bridgehead atoms. The molecule has 0 saturated heterocycles. The van der Waals surface area contributed by atoms with Gasteiger partial charge in [-0.05, 0) is 48.7 Å². The summed E-state index contributed by atoms with van der Waals surface area (Å²) in [5.41, 5.74) is 2.40. The van der Waals surface area contributed by atoms with Gasteiger partial charge in [-0.3, -0.25) is 9.52 Å². The molecule has 2 aromatic carbocycles. The number of sulfonamides is 1. The van der Waals surface area contributed by atoms with Gasteiger partial charge in [-0.15, -0.1) is 0 Å². The second kappa shape index (κ2) is 8.63. The summed E-state index contributed by atoms with van der Waals surface area (Å²) in [4.78, 5) is 12.7. The van der Waals surface area contributed by atoms with E-state index in [2.05, 4.69) is 10.0 Å². The molecule has 0 fully saturated rings. The van der Waals surface area contributed by atoms with E-state index in [1.54, 1.807) is 7.11 Å². The van der Waals surface area contributed by atoms with Crippen LogP contribution in [0.5, 0.6) is 5.75 Å². The summed E-state index contributed by atoms with van der Waals surface area (Å²) >= 11 is 6.15. The molecule has 1 atom stereocenters. The van der Waals surface area contributed by atoms with Crippen LogP contribution in [0.15, 0.2) is 36.4 Å². The summed E-state index contributed by atoms with van der Waals surface area (Å²) in [7, 11) is -1.84. The summed E-state index contributed by atoms with van der Waals surface area (Å²) in [6.07, 6.45) is 1.72. The zero-order valence-corrected chi connectivity index (χ0v) is 17.2. The average molecular weight is 411 g/mol. The number of anilines is 1. The first kappa shape index (κ1) is 21.1. The van der Waals surface area contributed by atoms with E-state index in [0.717, 1.165) is 23.1 Å². The molecule has 2 N–H and O–H groups in total. The normalized spacial score (nSPS) is 12.3. The Kier molecular flexibility index (Phi) is 6.73. The topological polar surface area (TPSA) is 84.5 Å². The number of benzene rings is 2. The molecule has 27 heavy (non-hydrogen) atoms. The molecule has 0 aliphatic carbocycles. The van der Waals surface area contributed by atoms with E-state index < -0.39 is 10.0 Å². The fraction of sp³-hybridized carbons (Fsp3) is 0.316. The predicted molar refractivity (Wildman–Crippen MR) is 108 cm³/mol. The lowest BCUT2D eigenvalue weighted by atomic mass is 10.0. The molecule has 0 aromatic heterocycles. The van der Waals surface area contributed by atoms with Crippen LogP contribution in [0.1, 0.15) is 40.9 Å². The smallest absolute Gasteiger partial charge is 0.253 e. The van der Waals surface area contributed by atoms with Gasteiger partial charge >= 0.3 is 0 Å². The Morgan fingerprint density at radius 3 is 2.48 bits per heavy atom. The second-order valence-corrected chi connectivity index (χ2v) is 8.39. The predicted octanol–water partition coefficient (Wildman–Crippen LogP) is 3.91. The number of hydrogen-bond donors (Lipinski definition) is 2. The van der Waals surface area contributed by atoms with Gasteiger partial charge in [-0.25, -0.2) is 8.42 Å². The lowest BCUT2D eigenvalue weighted by molar-refractivity contribution is 0.0935. The van der Waals surface area contributed by atoms with Gasteiger partial charge in [0.25, 0.3) is 5.91 Å². The number of halogens is 1. The lowest BCUT2D eigenvalue weighted by Gasteiger charge is -2.19. The zero-order chi connectivity index (χ0) is 20.2. The molecular formula is C19H23ClN2O4S. The SMILES string of the molecule is CC[C@@H](NC(=O)c1cc(NS(C)(=O)=O)ccc1Cl)c1ccc(OC)c(C)c1. The van der Waals surface area contributed by atoms with Crippen LogP contribution in [-0.4, -0.2) is 27.7 Å². The summed E-state index contributed by atoms with van der Waals surface area (Å²) in [5.74, 6) is 0.403. The van der Waals surface area contributed by atoms with Crippen LogP contribution < -0.4 is 14.8 Å². The first-order valence-corrected chi connectivity index (χ1v) is 10.6. The Bertz CT molecular complexity index is 945. The molecule has 2 rings (SSSR count). The van der Waals surface area contributed by atoms with Crippen LogP contribution in [0, 0.1) is 6.92 Å². The van der Waals surface area contributed by atoms with Gasteiger partial charge in [0.1, 0.15) is 5.75 Å².